The molecule has 0 amide bonds. The summed E-state index contributed by atoms with van der Waals surface area (Å²) in [5.74, 6) is 0.927. The van der Waals surface area contributed by atoms with Gasteiger partial charge < -0.3 is 15.4 Å². The van der Waals surface area contributed by atoms with Gasteiger partial charge in [0.1, 0.15) is 11.6 Å². The summed E-state index contributed by atoms with van der Waals surface area (Å²) in [7, 11) is 1.58. The molecule has 0 unspecified atom stereocenters. The Bertz CT molecular complexity index is 982. The molecule has 0 radical (unpaired) electrons. The van der Waals surface area contributed by atoms with Gasteiger partial charge in [0, 0.05) is 30.7 Å². The van der Waals surface area contributed by atoms with Crippen LogP contribution in [0.3, 0.4) is 0 Å². The standard InChI is InChI=1S/C20H20F3N5OS.HI/c1-24-19(27-11-17-28-16(13-30-17)20(21,22)23)26-10-15-8-5-9-25-18(15)29-12-14-6-3-2-4-7-14;/h2-9,13H,10-12H2,1H3,(H2,24,26,27);1H. The number of thiazole rings is 1. The van der Waals surface area contributed by atoms with Gasteiger partial charge in [0.25, 0.3) is 0 Å². The van der Waals surface area contributed by atoms with E-state index in [2.05, 4.69) is 25.6 Å². The minimum atomic E-state index is -4.44. The molecule has 2 heterocycles. The van der Waals surface area contributed by atoms with Crippen LogP contribution in [0.5, 0.6) is 5.88 Å². The molecule has 0 saturated carbocycles. The third kappa shape index (κ3) is 7.65. The van der Waals surface area contributed by atoms with E-state index in [1.165, 1.54) is 0 Å². The smallest absolute Gasteiger partial charge is 0.434 e. The zero-order valence-electron chi connectivity index (χ0n) is 16.5. The van der Waals surface area contributed by atoms with E-state index in [0.29, 0.717) is 30.0 Å². The topological polar surface area (TPSA) is 71.4 Å². The van der Waals surface area contributed by atoms with Gasteiger partial charge in [0.05, 0.1) is 6.54 Å². The van der Waals surface area contributed by atoms with Crippen LogP contribution in [0.4, 0.5) is 13.2 Å². The lowest BCUT2D eigenvalue weighted by atomic mass is 10.2. The van der Waals surface area contributed by atoms with E-state index in [1.54, 1.807) is 19.3 Å². The Balaban J connectivity index is 0.00000341. The molecule has 0 saturated heterocycles. The van der Waals surface area contributed by atoms with Crippen molar-refractivity contribution in [2.45, 2.75) is 25.9 Å². The number of aromatic nitrogens is 2. The summed E-state index contributed by atoms with van der Waals surface area (Å²) in [4.78, 5) is 12.0. The van der Waals surface area contributed by atoms with E-state index in [0.717, 1.165) is 27.8 Å². The largest absolute Gasteiger partial charge is 0.473 e. The van der Waals surface area contributed by atoms with Crippen molar-refractivity contribution in [2.24, 2.45) is 4.99 Å². The number of nitrogens with zero attached hydrogens (tertiary/aromatic N) is 3. The molecule has 0 fully saturated rings. The second kappa shape index (κ2) is 11.8. The maximum Gasteiger partial charge on any atom is 0.434 e. The van der Waals surface area contributed by atoms with E-state index in [4.69, 9.17) is 4.74 Å². The fourth-order valence-corrected chi connectivity index (χ4v) is 3.24. The maximum atomic E-state index is 12.7. The van der Waals surface area contributed by atoms with Crippen LogP contribution < -0.4 is 15.4 Å². The summed E-state index contributed by atoms with van der Waals surface area (Å²) in [6.45, 7) is 0.900. The first-order chi connectivity index (χ1) is 14.5. The SMILES string of the molecule is CN=C(NCc1nc(C(F)(F)F)cs1)NCc1cccnc1OCc1ccccc1.I. The van der Waals surface area contributed by atoms with Crippen molar-refractivity contribution in [1.82, 2.24) is 20.6 Å². The average Bonchev–Trinajstić information content (AvgIpc) is 3.23. The van der Waals surface area contributed by atoms with Crippen molar-refractivity contribution in [1.29, 1.82) is 0 Å². The molecule has 0 bridgehead atoms. The molecule has 6 nitrogen and oxygen atoms in total. The van der Waals surface area contributed by atoms with Gasteiger partial charge in [-0.2, -0.15) is 13.2 Å². The molecule has 1 aromatic carbocycles. The zero-order chi connectivity index (χ0) is 21.4. The second-order valence-corrected chi connectivity index (χ2v) is 7.09. The number of hydrogen-bond donors (Lipinski definition) is 2. The van der Waals surface area contributed by atoms with Crippen LogP contribution in [-0.4, -0.2) is 23.0 Å². The number of halogens is 4. The third-order valence-electron chi connectivity index (χ3n) is 3.99. The molecule has 0 aliphatic rings. The van der Waals surface area contributed by atoms with E-state index in [1.807, 2.05) is 36.4 Å². The Morgan fingerprint density at radius 2 is 1.84 bits per heavy atom. The zero-order valence-corrected chi connectivity index (χ0v) is 19.7. The van der Waals surface area contributed by atoms with E-state index >= 15 is 0 Å². The van der Waals surface area contributed by atoms with Gasteiger partial charge in [-0.25, -0.2) is 9.97 Å². The van der Waals surface area contributed by atoms with Crippen LogP contribution in [0.25, 0.3) is 0 Å². The van der Waals surface area contributed by atoms with Crippen LogP contribution in [0.2, 0.25) is 0 Å². The minimum Gasteiger partial charge on any atom is -0.473 e. The Hall–Kier alpha value is -2.41. The lowest BCUT2D eigenvalue weighted by Gasteiger charge is -2.13. The molecule has 3 rings (SSSR count). The summed E-state index contributed by atoms with van der Waals surface area (Å²) >= 11 is 0.944. The monoisotopic (exact) mass is 563 g/mol. The molecule has 31 heavy (non-hydrogen) atoms. The molecule has 0 atom stereocenters. The first kappa shape index (κ1) is 24.9. The van der Waals surface area contributed by atoms with Gasteiger partial charge in [0.15, 0.2) is 11.7 Å². The molecule has 3 aromatic rings. The van der Waals surface area contributed by atoms with Crippen LogP contribution >= 0.6 is 35.3 Å². The molecular weight excluding hydrogens is 542 g/mol. The summed E-state index contributed by atoms with van der Waals surface area (Å²) in [6, 6.07) is 13.4. The van der Waals surface area contributed by atoms with Gasteiger partial charge in [-0.3, -0.25) is 4.99 Å². The number of nitrogens with one attached hydrogen (secondary N) is 2. The van der Waals surface area contributed by atoms with Crippen molar-refractivity contribution >= 4 is 41.3 Å². The molecule has 2 N–H and O–H groups in total. The fourth-order valence-electron chi connectivity index (χ4n) is 2.50. The Morgan fingerprint density at radius 3 is 2.52 bits per heavy atom. The third-order valence-corrected chi connectivity index (χ3v) is 4.84. The highest BCUT2D eigenvalue weighted by atomic mass is 127. The molecule has 0 aliphatic heterocycles. The highest BCUT2D eigenvalue weighted by Crippen LogP contribution is 2.29. The number of alkyl halides is 3. The summed E-state index contributed by atoms with van der Waals surface area (Å²) in [6.07, 6.45) is -2.79. The number of ether oxygens (including phenoxy) is 1. The van der Waals surface area contributed by atoms with E-state index < -0.39 is 11.9 Å². The Labute approximate surface area is 199 Å². The molecule has 0 spiro atoms. The number of hydrogen-bond acceptors (Lipinski definition) is 5. The number of pyridine rings is 1. The number of rotatable bonds is 7. The predicted molar refractivity (Wildman–Crippen MR) is 125 cm³/mol. The van der Waals surface area contributed by atoms with Gasteiger partial charge in [-0.05, 0) is 11.6 Å². The lowest BCUT2D eigenvalue weighted by Crippen LogP contribution is -2.36. The van der Waals surface area contributed by atoms with E-state index in [9.17, 15) is 13.2 Å². The fraction of sp³-hybridized carbons (Fsp3) is 0.250. The van der Waals surface area contributed by atoms with Gasteiger partial charge >= 0.3 is 6.18 Å². The minimum absolute atomic E-state index is 0. The highest BCUT2D eigenvalue weighted by molar-refractivity contribution is 14.0. The van der Waals surface area contributed by atoms with Crippen molar-refractivity contribution in [3.8, 4) is 5.88 Å². The molecule has 0 aliphatic carbocycles. The van der Waals surface area contributed by atoms with Gasteiger partial charge in [-0.1, -0.05) is 36.4 Å². The predicted octanol–water partition coefficient (Wildman–Crippen LogP) is 4.62. The molecule has 11 heteroatoms. The number of guanidine groups is 1. The first-order valence-electron chi connectivity index (χ1n) is 9.02. The quantitative estimate of drug-likeness (QED) is 0.250. The van der Waals surface area contributed by atoms with Crippen LogP contribution in [0.1, 0.15) is 21.8 Å². The molecule has 2 aromatic heterocycles. The van der Waals surface area contributed by atoms with Crippen molar-refractivity contribution < 1.29 is 17.9 Å². The van der Waals surface area contributed by atoms with Crippen molar-refractivity contribution in [3.63, 3.8) is 0 Å². The Morgan fingerprint density at radius 1 is 1.10 bits per heavy atom. The molecule has 166 valence electrons. The summed E-state index contributed by atoms with van der Waals surface area (Å²) < 4.78 is 43.8. The van der Waals surface area contributed by atoms with Crippen LogP contribution in [0.15, 0.2) is 59.0 Å². The van der Waals surface area contributed by atoms with Gasteiger partial charge in [-0.15, -0.1) is 35.3 Å². The summed E-state index contributed by atoms with van der Waals surface area (Å²) in [5, 5.41) is 7.38. The maximum absolute atomic E-state index is 12.7. The molecular formula is C20H21F3IN5OS. The normalized spacial score (nSPS) is 11.5. The average molecular weight is 563 g/mol. The summed E-state index contributed by atoms with van der Waals surface area (Å²) in [5.41, 5.74) is 0.967. The van der Waals surface area contributed by atoms with E-state index in [-0.39, 0.29) is 30.5 Å². The van der Waals surface area contributed by atoms with Gasteiger partial charge in [0.2, 0.25) is 5.88 Å². The number of aliphatic imine (C=N–C) groups is 1. The van der Waals surface area contributed by atoms with Crippen LogP contribution in [-0.2, 0) is 25.9 Å². The van der Waals surface area contributed by atoms with Crippen LogP contribution in [0, 0.1) is 0 Å². The lowest BCUT2D eigenvalue weighted by molar-refractivity contribution is -0.140. The second-order valence-electron chi connectivity index (χ2n) is 6.15. The van der Waals surface area contributed by atoms with Crippen molar-refractivity contribution in [3.05, 3.63) is 75.9 Å². The van der Waals surface area contributed by atoms with Crippen molar-refractivity contribution in [2.75, 3.05) is 7.05 Å². The highest BCUT2D eigenvalue weighted by Gasteiger charge is 2.33. The first-order valence-corrected chi connectivity index (χ1v) is 9.90. The Kier molecular flexibility index (Phi) is 9.49. The number of benzene rings is 1.